The molecular weight excluding hydrogens is 562 g/mol. The van der Waals surface area contributed by atoms with Gasteiger partial charge in [0.1, 0.15) is 0 Å². The van der Waals surface area contributed by atoms with Crippen LogP contribution in [-0.2, 0) is 6.11 Å². The Hall–Kier alpha value is -3.74. The lowest BCUT2D eigenvalue weighted by molar-refractivity contribution is -0.187. The summed E-state index contributed by atoms with van der Waals surface area (Å²) in [7, 11) is 0. The summed E-state index contributed by atoms with van der Waals surface area (Å²) >= 11 is 0. The molecule has 4 aromatic rings. The summed E-state index contributed by atoms with van der Waals surface area (Å²) in [6.45, 7) is 2.20. The van der Waals surface area contributed by atoms with E-state index in [1.54, 1.807) is 24.3 Å². The van der Waals surface area contributed by atoms with Gasteiger partial charge in [-0.05, 0) is 96.2 Å². The SMILES string of the molecule is CCCCCC1CCC(c2ccc(C(F)(F)Oc3ccc(-c4ccc(-c5ccc(F)c(F)c5)cc4)c(F)c3F)cc2)CC1. The summed E-state index contributed by atoms with van der Waals surface area (Å²) in [5.41, 5.74) is 1.61. The molecule has 1 fully saturated rings. The van der Waals surface area contributed by atoms with Gasteiger partial charge in [0.25, 0.3) is 0 Å². The standard InChI is InChI=1S/C36H34F6O/c1-2-3-4-5-23-6-8-24(9-7-23)25-14-17-29(18-15-25)36(41,42)43-33-21-19-30(34(39)35(33)40)27-12-10-26(11-13-27)28-16-20-31(37)32(38)22-28/h10-24H,2-9H2,1H3. The lowest BCUT2D eigenvalue weighted by atomic mass is 9.77. The van der Waals surface area contributed by atoms with Gasteiger partial charge in [-0.1, -0.05) is 75.1 Å². The van der Waals surface area contributed by atoms with E-state index in [0.717, 1.165) is 61.4 Å². The number of unbranched alkanes of at least 4 members (excludes halogenated alkanes) is 2. The maximum absolute atomic E-state index is 15.0. The molecule has 1 aliphatic rings. The van der Waals surface area contributed by atoms with E-state index < -0.39 is 40.7 Å². The first-order chi connectivity index (χ1) is 20.7. The highest BCUT2D eigenvalue weighted by molar-refractivity contribution is 5.71. The Morgan fingerprint density at radius 3 is 1.98 bits per heavy atom. The zero-order valence-electron chi connectivity index (χ0n) is 24.0. The van der Waals surface area contributed by atoms with Gasteiger partial charge in [0.05, 0.1) is 5.56 Å². The number of ether oxygens (including phenoxy) is 1. The van der Waals surface area contributed by atoms with Crippen molar-refractivity contribution >= 4 is 0 Å². The molecule has 0 bridgehead atoms. The van der Waals surface area contributed by atoms with Gasteiger partial charge in [-0.3, -0.25) is 0 Å². The molecule has 4 aromatic carbocycles. The van der Waals surface area contributed by atoms with Gasteiger partial charge >= 0.3 is 6.11 Å². The number of hydrogen-bond donors (Lipinski definition) is 0. The average molecular weight is 597 g/mol. The van der Waals surface area contributed by atoms with Gasteiger partial charge in [0.15, 0.2) is 23.2 Å². The maximum Gasteiger partial charge on any atom is 0.426 e. The molecule has 0 atom stereocenters. The minimum absolute atomic E-state index is 0.158. The van der Waals surface area contributed by atoms with Gasteiger partial charge in [0.2, 0.25) is 5.82 Å². The summed E-state index contributed by atoms with van der Waals surface area (Å²) in [5.74, 6) is -4.69. The Bertz CT molecular complexity index is 1520. The Morgan fingerprint density at radius 2 is 1.33 bits per heavy atom. The summed E-state index contributed by atoms with van der Waals surface area (Å²) < 4.78 is 91.6. The molecule has 1 aliphatic carbocycles. The fourth-order valence-electron chi connectivity index (χ4n) is 5.97. The van der Waals surface area contributed by atoms with Crippen LogP contribution >= 0.6 is 0 Å². The molecule has 0 amide bonds. The third-order valence-corrected chi connectivity index (χ3v) is 8.51. The predicted molar refractivity (Wildman–Crippen MR) is 157 cm³/mol. The Balaban J connectivity index is 1.25. The zero-order valence-corrected chi connectivity index (χ0v) is 24.0. The molecule has 0 unspecified atom stereocenters. The van der Waals surface area contributed by atoms with Crippen molar-refractivity contribution in [3.05, 3.63) is 113 Å². The molecule has 1 nitrogen and oxygen atoms in total. The van der Waals surface area contributed by atoms with E-state index in [2.05, 4.69) is 6.92 Å². The van der Waals surface area contributed by atoms with E-state index in [4.69, 9.17) is 4.74 Å². The van der Waals surface area contributed by atoms with Crippen molar-refractivity contribution in [2.45, 2.75) is 70.3 Å². The number of benzene rings is 4. The van der Waals surface area contributed by atoms with E-state index >= 15 is 13.2 Å². The largest absolute Gasteiger partial charge is 0.426 e. The first kappa shape index (κ1) is 30.7. The van der Waals surface area contributed by atoms with Gasteiger partial charge in [-0.15, -0.1) is 0 Å². The van der Waals surface area contributed by atoms with E-state index in [0.29, 0.717) is 17.0 Å². The van der Waals surface area contributed by atoms with Crippen molar-refractivity contribution in [2.75, 3.05) is 0 Å². The average Bonchev–Trinajstić information content (AvgIpc) is 3.02. The van der Waals surface area contributed by atoms with E-state index in [-0.39, 0.29) is 11.1 Å². The number of rotatable bonds is 10. The van der Waals surface area contributed by atoms with Crippen LogP contribution in [0.4, 0.5) is 26.3 Å². The molecule has 0 saturated heterocycles. The Morgan fingerprint density at radius 1 is 0.674 bits per heavy atom. The van der Waals surface area contributed by atoms with Crippen LogP contribution in [0.3, 0.4) is 0 Å². The molecule has 226 valence electrons. The molecule has 43 heavy (non-hydrogen) atoms. The molecule has 0 spiro atoms. The molecule has 0 aromatic heterocycles. The smallest absolute Gasteiger partial charge is 0.426 e. The predicted octanol–water partition coefficient (Wildman–Crippen LogP) is 11.6. The minimum atomic E-state index is -3.88. The molecule has 0 aliphatic heterocycles. The fraction of sp³-hybridized carbons (Fsp3) is 0.333. The van der Waals surface area contributed by atoms with Crippen LogP contribution in [0.1, 0.15) is 75.3 Å². The van der Waals surface area contributed by atoms with Crippen LogP contribution < -0.4 is 4.74 Å². The van der Waals surface area contributed by atoms with Gasteiger partial charge in [0, 0.05) is 5.56 Å². The first-order valence-electron chi connectivity index (χ1n) is 14.9. The van der Waals surface area contributed by atoms with Crippen LogP contribution in [-0.4, -0.2) is 0 Å². The Kier molecular flexibility index (Phi) is 9.48. The molecule has 0 heterocycles. The molecule has 5 rings (SSSR count). The maximum atomic E-state index is 15.0. The van der Waals surface area contributed by atoms with Crippen molar-refractivity contribution in [2.24, 2.45) is 5.92 Å². The molecule has 1 saturated carbocycles. The summed E-state index contributed by atoms with van der Waals surface area (Å²) in [4.78, 5) is 0. The highest BCUT2D eigenvalue weighted by Gasteiger charge is 2.36. The van der Waals surface area contributed by atoms with Gasteiger partial charge in [-0.2, -0.15) is 13.2 Å². The van der Waals surface area contributed by atoms with Crippen molar-refractivity contribution in [1.82, 2.24) is 0 Å². The summed E-state index contributed by atoms with van der Waals surface area (Å²) in [6, 6.07) is 17.5. The summed E-state index contributed by atoms with van der Waals surface area (Å²) in [5, 5.41) is 0. The van der Waals surface area contributed by atoms with Crippen LogP contribution in [0, 0.1) is 29.2 Å². The van der Waals surface area contributed by atoms with E-state index in [9.17, 15) is 13.2 Å². The minimum Gasteiger partial charge on any atom is -0.426 e. The van der Waals surface area contributed by atoms with Crippen molar-refractivity contribution in [3.8, 4) is 28.0 Å². The second-order valence-corrected chi connectivity index (χ2v) is 11.4. The number of alkyl halides is 2. The highest BCUT2D eigenvalue weighted by atomic mass is 19.3. The van der Waals surface area contributed by atoms with E-state index in [1.165, 1.54) is 56.0 Å². The topological polar surface area (TPSA) is 9.23 Å². The second-order valence-electron chi connectivity index (χ2n) is 11.4. The number of halogens is 6. The molecule has 7 heteroatoms. The van der Waals surface area contributed by atoms with Crippen LogP contribution in [0.15, 0.2) is 78.9 Å². The van der Waals surface area contributed by atoms with Crippen LogP contribution in [0.2, 0.25) is 0 Å². The third-order valence-electron chi connectivity index (χ3n) is 8.51. The van der Waals surface area contributed by atoms with E-state index in [1.807, 2.05) is 0 Å². The first-order valence-corrected chi connectivity index (χ1v) is 14.9. The second kappa shape index (κ2) is 13.3. The molecule has 0 radical (unpaired) electrons. The monoisotopic (exact) mass is 596 g/mol. The summed E-state index contributed by atoms with van der Waals surface area (Å²) in [6.07, 6.45) is 5.48. The van der Waals surface area contributed by atoms with Crippen LogP contribution in [0.5, 0.6) is 5.75 Å². The van der Waals surface area contributed by atoms with Crippen molar-refractivity contribution < 1.29 is 31.1 Å². The zero-order chi connectivity index (χ0) is 30.6. The quantitative estimate of drug-likeness (QED) is 0.131. The fourth-order valence-corrected chi connectivity index (χ4v) is 5.97. The van der Waals surface area contributed by atoms with Gasteiger partial charge < -0.3 is 4.74 Å². The lowest BCUT2D eigenvalue weighted by Gasteiger charge is -2.29. The Labute approximate surface area is 248 Å². The highest BCUT2D eigenvalue weighted by Crippen LogP contribution is 2.40. The van der Waals surface area contributed by atoms with Crippen molar-refractivity contribution in [3.63, 3.8) is 0 Å². The molecule has 0 N–H and O–H groups in total. The van der Waals surface area contributed by atoms with Crippen LogP contribution in [0.25, 0.3) is 22.3 Å². The normalized spacial score (nSPS) is 17.2. The van der Waals surface area contributed by atoms with Gasteiger partial charge in [-0.25, -0.2) is 13.2 Å². The van der Waals surface area contributed by atoms with Crippen molar-refractivity contribution in [1.29, 1.82) is 0 Å². The molecular formula is C36H34F6O. The third kappa shape index (κ3) is 7.09. The lowest BCUT2D eigenvalue weighted by Crippen LogP contribution is -2.23. The number of hydrogen-bond acceptors (Lipinski definition) is 1.